The van der Waals surface area contributed by atoms with Gasteiger partial charge in [0.05, 0.1) is 17.0 Å². The summed E-state index contributed by atoms with van der Waals surface area (Å²) >= 11 is 4.83. The SMILES string of the molecule is CC(C)(C)OC(=O)N1CCC[C@@H](N(C(=O)c2ccc(Br)cc2F)c2nccc3scc(C#C[Si](C)(C)C(C)(C)C)c23)C1. The molecular formula is C32H39BrFN3O3SSi. The predicted octanol–water partition coefficient (Wildman–Crippen LogP) is 8.64. The summed E-state index contributed by atoms with van der Waals surface area (Å²) in [6, 6.07) is 5.89. The number of hydrogen-bond acceptors (Lipinski definition) is 5. The van der Waals surface area contributed by atoms with Crippen LogP contribution in [0.3, 0.4) is 0 Å². The number of anilines is 1. The largest absolute Gasteiger partial charge is 0.444 e. The quantitative estimate of drug-likeness (QED) is 0.207. The monoisotopic (exact) mass is 671 g/mol. The van der Waals surface area contributed by atoms with E-state index in [1.165, 1.54) is 12.1 Å². The minimum atomic E-state index is -1.92. The normalized spacial score (nSPS) is 16.1. The number of benzene rings is 1. The zero-order chi connectivity index (χ0) is 31.0. The molecule has 1 aliphatic rings. The highest BCUT2D eigenvalue weighted by Crippen LogP contribution is 2.38. The Morgan fingerprint density at radius 2 is 1.90 bits per heavy atom. The van der Waals surface area contributed by atoms with Gasteiger partial charge in [-0.25, -0.2) is 14.2 Å². The Labute approximate surface area is 261 Å². The third-order valence-corrected chi connectivity index (χ3v) is 13.8. The van der Waals surface area contributed by atoms with Gasteiger partial charge in [0.2, 0.25) is 0 Å². The fourth-order valence-corrected chi connectivity index (χ4v) is 6.57. The molecule has 0 saturated carbocycles. The third-order valence-electron chi connectivity index (χ3n) is 7.87. The molecule has 1 aromatic carbocycles. The van der Waals surface area contributed by atoms with Gasteiger partial charge in [0.15, 0.2) is 0 Å². The molecule has 0 bridgehead atoms. The number of piperidine rings is 1. The molecule has 2 amide bonds. The molecule has 224 valence electrons. The molecule has 1 fully saturated rings. The van der Waals surface area contributed by atoms with E-state index in [0.717, 1.165) is 15.6 Å². The number of rotatable bonds is 3. The van der Waals surface area contributed by atoms with Crippen LogP contribution in [0.5, 0.6) is 0 Å². The second-order valence-corrected chi connectivity index (χ2v) is 20.1. The molecule has 1 aliphatic heterocycles. The topological polar surface area (TPSA) is 62.7 Å². The number of amides is 2. The van der Waals surface area contributed by atoms with Crippen LogP contribution < -0.4 is 4.90 Å². The highest BCUT2D eigenvalue weighted by Gasteiger charge is 2.37. The third kappa shape index (κ3) is 7.07. The number of hydrogen-bond donors (Lipinski definition) is 0. The number of carbonyl (C=O) groups excluding carboxylic acids is 2. The first-order valence-electron chi connectivity index (χ1n) is 14.1. The smallest absolute Gasteiger partial charge is 0.410 e. The van der Waals surface area contributed by atoms with Crippen molar-refractivity contribution >= 4 is 63.2 Å². The maximum atomic E-state index is 15.2. The molecule has 4 rings (SSSR count). The van der Waals surface area contributed by atoms with Crippen molar-refractivity contribution in [2.45, 2.75) is 84.2 Å². The molecule has 0 radical (unpaired) electrons. The van der Waals surface area contributed by atoms with Crippen molar-refractivity contribution in [3.63, 3.8) is 0 Å². The number of fused-ring (bicyclic) bond motifs is 1. The van der Waals surface area contributed by atoms with E-state index >= 15 is 4.39 Å². The number of halogens is 2. The van der Waals surface area contributed by atoms with E-state index in [0.29, 0.717) is 29.7 Å². The van der Waals surface area contributed by atoms with Crippen molar-refractivity contribution in [1.82, 2.24) is 9.88 Å². The Morgan fingerprint density at radius 3 is 2.55 bits per heavy atom. The molecule has 10 heteroatoms. The lowest BCUT2D eigenvalue weighted by atomic mass is 10.0. The first kappa shape index (κ1) is 32.2. The number of ether oxygens (including phenoxy) is 1. The summed E-state index contributed by atoms with van der Waals surface area (Å²) in [4.78, 5) is 35.2. The van der Waals surface area contributed by atoms with Gasteiger partial charge in [0.1, 0.15) is 25.3 Å². The molecule has 6 nitrogen and oxygen atoms in total. The van der Waals surface area contributed by atoms with Crippen LogP contribution >= 0.6 is 27.3 Å². The lowest BCUT2D eigenvalue weighted by Crippen LogP contribution is -2.53. The highest BCUT2D eigenvalue weighted by atomic mass is 79.9. The molecule has 3 heterocycles. The second-order valence-electron chi connectivity index (χ2n) is 13.3. The van der Waals surface area contributed by atoms with Crippen molar-refractivity contribution in [1.29, 1.82) is 0 Å². The molecule has 0 aliphatic carbocycles. The number of thiophene rings is 1. The second kappa shape index (κ2) is 12.1. The maximum Gasteiger partial charge on any atom is 0.410 e. The molecule has 3 aromatic rings. The van der Waals surface area contributed by atoms with Crippen LogP contribution in [-0.4, -0.2) is 54.7 Å². The van der Waals surface area contributed by atoms with Crippen molar-refractivity contribution < 1.29 is 18.7 Å². The fraction of sp³-hybridized carbons (Fsp3) is 0.469. The Bertz CT molecular complexity index is 1560. The summed E-state index contributed by atoms with van der Waals surface area (Å²) in [6.07, 6.45) is 2.52. The van der Waals surface area contributed by atoms with E-state index in [1.54, 1.807) is 33.4 Å². The van der Waals surface area contributed by atoms with Gasteiger partial charge in [0, 0.05) is 39.4 Å². The van der Waals surface area contributed by atoms with Gasteiger partial charge in [-0.15, -0.1) is 16.9 Å². The minimum absolute atomic E-state index is 0.0597. The molecule has 0 N–H and O–H groups in total. The van der Waals surface area contributed by atoms with Gasteiger partial charge in [-0.05, 0) is 62.9 Å². The number of pyridine rings is 1. The first-order valence-corrected chi connectivity index (χ1v) is 18.8. The van der Waals surface area contributed by atoms with E-state index in [4.69, 9.17) is 9.72 Å². The summed E-state index contributed by atoms with van der Waals surface area (Å²) in [6.45, 7) is 17.4. The van der Waals surface area contributed by atoms with E-state index in [2.05, 4.69) is 61.3 Å². The van der Waals surface area contributed by atoms with E-state index in [9.17, 15) is 9.59 Å². The molecule has 0 spiro atoms. The molecule has 1 atom stereocenters. The van der Waals surface area contributed by atoms with E-state index < -0.39 is 37.5 Å². The minimum Gasteiger partial charge on any atom is -0.444 e. The van der Waals surface area contributed by atoms with Gasteiger partial charge in [-0.1, -0.05) is 55.7 Å². The van der Waals surface area contributed by atoms with Crippen molar-refractivity contribution in [3.8, 4) is 11.5 Å². The van der Waals surface area contributed by atoms with Gasteiger partial charge < -0.3 is 9.64 Å². The summed E-state index contributed by atoms with van der Waals surface area (Å²) in [5, 5.41) is 2.86. The summed E-state index contributed by atoms with van der Waals surface area (Å²) in [5.74, 6) is 2.73. The molecular weight excluding hydrogens is 633 g/mol. The van der Waals surface area contributed by atoms with Crippen LogP contribution in [0.15, 0.2) is 40.3 Å². The maximum absolute atomic E-state index is 15.2. The molecule has 0 unspecified atom stereocenters. The summed E-state index contributed by atoms with van der Waals surface area (Å²) in [7, 11) is -1.92. The zero-order valence-electron chi connectivity index (χ0n) is 25.6. The van der Waals surface area contributed by atoms with E-state index in [-0.39, 0.29) is 17.1 Å². The average molecular weight is 673 g/mol. The summed E-state index contributed by atoms with van der Waals surface area (Å²) < 4.78 is 22.4. The average Bonchev–Trinajstić information content (AvgIpc) is 3.30. The molecule has 2 aromatic heterocycles. The van der Waals surface area contributed by atoms with Crippen molar-refractivity contribution in [2.24, 2.45) is 0 Å². The lowest BCUT2D eigenvalue weighted by Gasteiger charge is -2.39. The van der Waals surface area contributed by atoms with Gasteiger partial charge in [-0.2, -0.15) is 0 Å². The Morgan fingerprint density at radius 1 is 1.19 bits per heavy atom. The van der Waals surface area contributed by atoms with Crippen LogP contribution in [0.25, 0.3) is 10.1 Å². The molecule has 42 heavy (non-hydrogen) atoms. The number of likely N-dealkylation sites (tertiary alicyclic amines) is 1. The fourth-order valence-electron chi connectivity index (χ4n) is 4.54. The number of aromatic nitrogens is 1. The van der Waals surface area contributed by atoms with Crippen molar-refractivity contribution in [3.05, 3.63) is 57.3 Å². The number of carbonyl (C=O) groups is 2. The predicted molar refractivity (Wildman–Crippen MR) is 175 cm³/mol. The first-order chi connectivity index (χ1) is 19.5. The Hall–Kier alpha value is -2.74. The highest BCUT2D eigenvalue weighted by molar-refractivity contribution is 9.10. The van der Waals surface area contributed by atoms with Crippen LogP contribution in [0.4, 0.5) is 15.0 Å². The van der Waals surface area contributed by atoms with Crippen molar-refractivity contribution in [2.75, 3.05) is 18.0 Å². The van der Waals surface area contributed by atoms with E-state index in [1.807, 2.05) is 32.2 Å². The van der Waals surface area contributed by atoms with Gasteiger partial charge in [-0.3, -0.25) is 9.69 Å². The lowest BCUT2D eigenvalue weighted by molar-refractivity contribution is 0.0196. The standard InChI is InChI=1S/C32H39BrFN3O3SSi/c1-31(2,3)40-30(39)36-16-9-10-23(19-36)37(29(38)24-12-11-22(33)18-25(24)34)28-27-21(20-41-26(27)13-15-35-28)14-17-42(7,8)32(4,5)6/h11-13,15,18,20,23H,9-10,16,19H2,1-8H3/t23-/m1/s1. The van der Waals surface area contributed by atoms with Gasteiger partial charge in [0.25, 0.3) is 5.91 Å². The molecule has 1 saturated heterocycles. The van der Waals surface area contributed by atoms with Gasteiger partial charge >= 0.3 is 6.09 Å². The Kier molecular flexibility index (Phi) is 9.27. The van der Waals surface area contributed by atoms with Crippen LogP contribution in [0, 0.1) is 17.3 Å². The number of nitrogens with zero attached hydrogens (tertiary/aromatic N) is 3. The van der Waals surface area contributed by atoms with Crippen LogP contribution in [0.2, 0.25) is 18.1 Å². The van der Waals surface area contributed by atoms with Crippen LogP contribution in [-0.2, 0) is 4.74 Å². The Balaban J connectivity index is 1.85. The van der Waals surface area contributed by atoms with Crippen LogP contribution in [0.1, 0.15) is 70.3 Å². The zero-order valence-corrected chi connectivity index (χ0v) is 29.0. The summed E-state index contributed by atoms with van der Waals surface area (Å²) in [5.41, 5.74) is 3.68.